The van der Waals surface area contributed by atoms with E-state index in [0.29, 0.717) is 5.56 Å². The minimum Gasteiger partial charge on any atom is -0.341 e. The molecule has 1 aliphatic carbocycles. The van der Waals surface area contributed by atoms with Gasteiger partial charge in [0.05, 0.1) is 0 Å². The Morgan fingerprint density at radius 1 is 0.870 bits per heavy atom. The standard InChI is InChI=1S/C19H26N2O2/c22-17(16-10-4-1-5-11-16)20-19(12-6-2-7-13-19)18(23)21-14-8-3-9-15-21/h1,4-5,10-11H,2-3,6-9,12-15H2,(H,20,22). The van der Waals surface area contributed by atoms with Gasteiger partial charge in [0.2, 0.25) is 5.91 Å². The van der Waals surface area contributed by atoms with Gasteiger partial charge in [0.15, 0.2) is 0 Å². The molecule has 124 valence electrons. The number of benzene rings is 1. The molecular formula is C19H26N2O2. The Kier molecular flexibility index (Phi) is 4.99. The van der Waals surface area contributed by atoms with Gasteiger partial charge < -0.3 is 10.2 Å². The molecule has 1 aromatic rings. The molecule has 4 nitrogen and oxygen atoms in total. The Labute approximate surface area is 138 Å². The van der Waals surface area contributed by atoms with Crippen LogP contribution in [0.15, 0.2) is 30.3 Å². The second-order valence-corrected chi connectivity index (χ2v) is 6.82. The fraction of sp³-hybridized carbons (Fsp3) is 0.579. The number of hydrogen-bond acceptors (Lipinski definition) is 2. The highest BCUT2D eigenvalue weighted by Crippen LogP contribution is 2.31. The Bertz CT molecular complexity index is 544. The molecule has 2 fully saturated rings. The van der Waals surface area contributed by atoms with Crippen molar-refractivity contribution >= 4 is 11.8 Å². The van der Waals surface area contributed by atoms with Gasteiger partial charge in [-0.3, -0.25) is 9.59 Å². The first-order chi connectivity index (χ1) is 11.2. The van der Waals surface area contributed by atoms with Gasteiger partial charge in [-0.15, -0.1) is 0 Å². The first-order valence-corrected chi connectivity index (χ1v) is 8.88. The molecule has 2 aliphatic rings. The van der Waals surface area contributed by atoms with Crippen LogP contribution in [-0.4, -0.2) is 35.3 Å². The molecule has 0 unspecified atom stereocenters. The summed E-state index contributed by atoms with van der Waals surface area (Å²) < 4.78 is 0. The number of carbonyl (C=O) groups is 2. The van der Waals surface area contributed by atoms with E-state index >= 15 is 0 Å². The maximum Gasteiger partial charge on any atom is 0.252 e. The van der Waals surface area contributed by atoms with E-state index in [1.807, 2.05) is 23.1 Å². The van der Waals surface area contributed by atoms with Crippen LogP contribution in [0.3, 0.4) is 0 Å². The van der Waals surface area contributed by atoms with E-state index in [9.17, 15) is 9.59 Å². The minimum atomic E-state index is -0.692. The van der Waals surface area contributed by atoms with E-state index < -0.39 is 5.54 Å². The highest BCUT2D eigenvalue weighted by Gasteiger charge is 2.43. The van der Waals surface area contributed by atoms with Crippen molar-refractivity contribution in [3.8, 4) is 0 Å². The molecule has 0 spiro atoms. The molecule has 1 saturated carbocycles. The lowest BCUT2D eigenvalue weighted by Crippen LogP contribution is -2.61. The van der Waals surface area contributed by atoms with Gasteiger partial charge >= 0.3 is 0 Å². The molecule has 1 saturated heterocycles. The van der Waals surface area contributed by atoms with Crippen molar-refractivity contribution < 1.29 is 9.59 Å². The van der Waals surface area contributed by atoms with Crippen LogP contribution < -0.4 is 5.32 Å². The average Bonchev–Trinajstić information content (AvgIpc) is 2.63. The van der Waals surface area contributed by atoms with E-state index in [0.717, 1.165) is 58.0 Å². The van der Waals surface area contributed by atoms with Crippen molar-refractivity contribution in [3.05, 3.63) is 35.9 Å². The summed E-state index contributed by atoms with van der Waals surface area (Å²) in [5.41, 5.74) is -0.0633. The molecule has 3 rings (SSSR count). The topological polar surface area (TPSA) is 49.4 Å². The predicted octanol–water partition coefficient (Wildman–Crippen LogP) is 3.13. The molecule has 0 aromatic heterocycles. The number of hydrogen-bond donors (Lipinski definition) is 1. The Morgan fingerprint density at radius 3 is 2.13 bits per heavy atom. The monoisotopic (exact) mass is 314 g/mol. The van der Waals surface area contributed by atoms with Crippen molar-refractivity contribution in [1.29, 1.82) is 0 Å². The van der Waals surface area contributed by atoms with Crippen LogP contribution >= 0.6 is 0 Å². The lowest BCUT2D eigenvalue weighted by atomic mass is 9.80. The summed E-state index contributed by atoms with van der Waals surface area (Å²) in [5, 5.41) is 3.12. The van der Waals surface area contributed by atoms with Crippen molar-refractivity contribution in [3.63, 3.8) is 0 Å². The van der Waals surface area contributed by atoms with E-state index in [-0.39, 0.29) is 11.8 Å². The molecule has 23 heavy (non-hydrogen) atoms. The summed E-state index contributed by atoms with van der Waals surface area (Å²) >= 11 is 0. The lowest BCUT2D eigenvalue weighted by Gasteiger charge is -2.41. The van der Waals surface area contributed by atoms with Crippen LogP contribution in [0.1, 0.15) is 61.7 Å². The molecule has 0 radical (unpaired) electrons. The zero-order valence-corrected chi connectivity index (χ0v) is 13.7. The van der Waals surface area contributed by atoms with Crippen molar-refractivity contribution in [2.24, 2.45) is 0 Å². The second-order valence-electron chi connectivity index (χ2n) is 6.82. The van der Waals surface area contributed by atoms with Gasteiger partial charge in [0.1, 0.15) is 5.54 Å². The number of nitrogens with zero attached hydrogens (tertiary/aromatic N) is 1. The van der Waals surface area contributed by atoms with Gasteiger partial charge in [-0.1, -0.05) is 37.5 Å². The third-order valence-electron chi connectivity index (χ3n) is 5.15. The Hall–Kier alpha value is -1.84. The van der Waals surface area contributed by atoms with Crippen LogP contribution in [0.4, 0.5) is 0 Å². The zero-order chi connectivity index (χ0) is 16.1. The summed E-state index contributed by atoms with van der Waals surface area (Å²) in [6.45, 7) is 1.67. The summed E-state index contributed by atoms with van der Waals surface area (Å²) in [6.07, 6.45) is 8.05. The number of piperidine rings is 1. The third-order valence-corrected chi connectivity index (χ3v) is 5.15. The maximum atomic E-state index is 13.2. The van der Waals surface area contributed by atoms with Crippen molar-refractivity contribution in [2.45, 2.75) is 56.9 Å². The largest absolute Gasteiger partial charge is 0.341 e. The Balaban J connectivity index is 1.78. The summed E-state index contributed by atoms with van der Waals surface area (Å²) in [4.78, 5) is 27.7. The quantitative estimate of drug-likeness (QED) is 0.932. The lowest BCUT2D eigenvalue weighted by molar-refractivity contribution is -0.140. The number of amides is 2. The second kappa shape index (κ2) is 7.16. The molecule has 4 heteroatoms. The van der Waals surface area contributed by atoms with Gasteiger partial charge in [-0.2, -0.15) is 0 Å². The molecule has 1 N–H and O–H groups in total. The van der Waals surface area contributed by atoms with Crippen LogP contribution in [-0.2, 0) is 4.79 Å². The summed E-state index contributed by atoms with van der Waals surface area (Å²) in [6, 6.07) is 9.21. The normalized spacial score (nSPS) is 20.8. The van der Waals surface area contributed by atoms with E-state index in [4.69, 9.17) is 0 Å². The molecule has 0 atom stereocenters. The molecule has 2 amide bonds. The molecule has 0 bridgehead atoms. The van der Waals surface area contributed by atoms with Crippen molar-refractivity contribution in [2.75, 3.05) is 13.1 Å². The van der Waals surface area contributed by atoms with E-state index in [1.165, 1.54) is 6.42 Å². The fourth-order valence-corrected chi connectivity index (χ4v) is 3.83. The molecule has 1 aromatic carbocycles. The van der Waals surface area contributed by atoms with Gasteiger partial charge in [-0.05, 0) is 44.2 Å². The maximum absolute atomic E-state index is 13.2. The van der Waals surface area contributed by atoms with Crippen LogP contribution in [0.25, 0.3) is 0 Å². The average molecular weight is 314 g/mol. The Morgan fingerprint density at radius 2 is 1.48 bits per heavy atom. The SMILES string of the molecule is O=C(NC1(C(=O)N2CCCCC2)CCCCC1)c1ccccc1. The van der Waals surface area contributed by atoms with E-state index in [1.54, 1.807) is 12.1 Å². The predicted molar refractivity (Wildman–Crippen MR) is 90.2 cm³/mol. The zero-order valence-electron chi connectivity index (χ0n) is 13.7. The van der Waals surface area contributed by atoms with Gasteiger partial charge in [0.25, 0.3) is 5.91 Å². The number of rotatable bonds is 3. The highest BCUT2D eigenvalue weighted by molar-refractivity contribution is 5.99. The number of nitrogens with one attached hydrogen (secondary N) is 1. The van der Waals surface area contributed by atoms with Crippen LogP contribution in [0, 0.1) is 0 Å². The smallest absolute Gasteiger partial charge is 0.252 e. The first-order valence-electron chi connectivity index (χ1n) is 8.88. The highest BCUT2D eigenvalue weighted by atomic mass is 16.2. The molecule has 1 heterocycles. The number of carbonyl (C=O) groups excluding carboxylic acids is 2. The van der Waals surface area contributed by atoms with Gasteiger partial charge in [-0.25, -0.2) is 0 Å². The van der Waals surface area contributed by atoms with Crippen LogP contribution in [0.2, 0.25) is 0 Å². The number of likely N-dealkylation sites (tertiary alicyclic amines) is 1. The van der Waals surface area contributed by atoms with E-state index in [2.05, 4.69) is 5.32 Å². The summed E-state index contributed by atoms with van der Waals surface area (Å²) in [5.74, 6) is 0.0130. The van der Waals surface area contributed by atoms with Crippen LogP contribution in [0.5, 0.6) is 0 Å². The van der Waals surface area contributed by atoms with Gasteiger partial charge in [0, 0.05) is 18.7 Å². The first kappa shape index (κ1) is 16.0. The third kappa shape index (κ3) is 3.57. The fourth-order valence-electron chi connectivity index (χ4n) is 3.83. The summed E-state index contributed by atoms with van der Waals surface area (Å²) in [7, 11) is 0. The molecular weight excluding hydrogens is 288 g/mol. The van der Waals surface area contributed by atoms with Crippen molar-refractivity contribution in [1.82, 2.24) is 10.2 Å². The minimum absolute atomic E-state index is 0.127. The molecule has 1 aliphatic heterocycles.